The van der Waals surface area contributed by atoms with Gasteiger partial charge in [-0.25, -0.2) is 9.18 Å². The van der Waals surface area contributed by atoms with Gasteiger partial charge in [-0.15, -0.1) is 0 Å². The maximum atomic E-state index is 13.6. The maximum Gasteiger partial charge on any atom is 0.335 e. The summed E-state index contributed by atoms with van der Waals surface area (Å²) >= 11 is 5.77. The topological polar surface area (TPSA) is 75.4 Å². The minimum absolute atomic E-state index is 0.0548. The zero-order valence-electron chi connectivity index (χ0n) is 9.65. The zero-order valence-corrected chi connectivity index (χ0v) is 10.4. The average Bonchev–Trinajstić information content (AvgIpc) is 2.36. The third-order valence-corrected chi connectivity index (χ3v) is 2.73. The van der Waals surface area contributed by atoms with E-state index >= 15 is 0 Å². The normalized spacial score (nSPS) is 10.2. The van der Waals surface area contributed by atoms with Crippen molar-refractivity contribution in [2.24, 2.45) is 0 Å². The van der Waals surface area contributed by atoms with Crippen molar-refractivity contribution in [3.63, 3.8) is 0 Å². The van der Waals surface area contributed by atoms with Crippen LogP contribution in [0.3, 0.4) is 0 Å². The molecule has 4 N–H and O–H groups in total. The first-order valence-corrected chi connectivity index (χ1v) is 5.70. The van der Waals surface area contributed by atoms with E-state index < -0.39 is 11.8 Å². The van der Waals surface area contributed by atoms with Crippen LogP contribution in [0.1, 0.15) is 10.4 Å². The summed E-state index contributed by atoms with van der Waals surface area (Å²) < 4.78 is 13.6. The summed E-state index contributed by atoms with van der Waals surface area (Å²) in [5, 5.41) is 12.0. The van der Waals surface area contributed by atoms with Crippen LogP contribution in [0.5, 0.6) is 0 Å². The Hall–Kier alpha value is -2.27. The Morgan fingerprint density at radius 3 is 2.63 bits per heavy atom. The SMILES string of the molecule is Nc1ccc(C(=O)O)cc1Nc1cc(Cl)ccc1F. The number of benzene rings is 2. The van der Waals surface area contributed by atoms with Gasteiger partial charge in [-0.2, -0.15) is 0 Å². The monoisotopic (exact) mass is 280 g/mol. The van der Waals surface area contributed by atoms with E-state index in [0.29, 0.717) is 16.4 Å². The first-order valence-electron chi connectivity index (χ1n) is 5.32. The van der Waals surface area contributed by atoms with E-state index in [1.54, 1.807) is 0 Å². The fourth-order valence-electron chi connectivity index (χ4n) is 1.54. The molecule has 6 heteroatoms. The van der Waals surface area contributed by atoms with Crippen molar-refractivity contribution in [1.82, 2.24) is 0 Å². The first-order chi connectivity index (χ1) is 8.97. The molecule has 4 nitrogen and oxygen atoms in total. The van der Waals surface area contributed by atoms with Crippen LogP contribution in [0.2, 0.25) is 5.02 Å². The van der Waals surface area contributed by atoms with Crippen molar-refractivity contribution in [1.29, 1.82) is 0 Å². The molecule has 0 aliphatic rings. The molecular formula is C13H10ClFN2O2. The molecule has 0 aromatic heterocycles. The fourth-order valence-corrected chi connectivity index (χ4v) is 1.71. The molecule has 2 aromatic carbocycles. The van der Waals surface area contributed by atoms with Crippen molar-refractivity contribution in [3.05, 3.63) is 52.8 Å². The Labute approximate surface area is 113 Å². The summed E-state index contributed by atoms with van der Waals surface area (Å²) in [5.74, 6) is -1.60. The van der Waals surface area contributed by atoms with Crippen LogP contribution >= 0.6 is 11.6 Å². The van der Waals surface area contributed by atoms with Gasteiger partial charge in [0.2, 0.25) is 0 Å². The summed E-state index contributed by atoms with van der Waals surface area (Å²) in [7, 11) is 0. The Balaban J connectivity index is 2.40. The molecule has 0 atom stereocenters. The second-order valence-electron chi connectivity index (χ2n) is 3.86. The molecule has 0 aliphatic carbocycles. The van der Waals surface area contributed by atoms with Gasteiger partial charge in [0.25, 0.3) is 0 Å². The van der Waals surface area contributed by atoms with Gasteiger partial charge in [0.1, 0.15) is 5.82 Å². The third kappa shape index (κ3) is 2.95. The van der Waals surface area contributed by atoms with E-state index in [2.05, 4.69) is 5.32 Å². The lowest BCUT2D eigenvalue weighted by atomic mass is 10.1. The Kier molecular flexibility index (Phi) is 3.57. The summed E-state index contributed by atoms with van der Waals surface area (Å²) in [5.41, 5.74) is 6.51. The van der Waals surface area contributed by atoms with Gasteiger partial charge in [0.15, 0.2) is 0 Å². The number of nitrogens with two attached hydrogens (primary N) is 1. The van der Waals surface area contributed by atoms with Crippen LogP contribution in [-0.4, -0.2) is 11.1 Å². The quantitative estimate of drug-likeness (QED) is 0.752. The van der Waals surface area contributed by atoms with Crippen molar-refractivity contribution >= 4 is 34.6 Å². The summed E-state index contributed by atoms with van der Waals surface area (Å²) in [6.45, 7) is 0. The smallest absolute Gasteiger partial charge is 0.335 e. The number of rotatable bonds is 3. The summed E-state index contributed by atoms with van der Waals surface area (Å²) in [6, 6.07) is 8.16. The highest BCUT2D eigenvalue weighted by atomic mass is 35.5. The lowest BCUT2D eigenvalue weighted by Gasteiger charge is -2.11. The Morgan fingerprint density at radius 1 is 1.21 bits per heavy atom. The van der Waals surface area contributed by atoms with Crippen molar-refractivity contribution in [2.75, 3.05) is 11.1 Å². The van der Waals surface area contributed by atoms with Gasteiger partial charge < -0.3 is 16.2 Å². The number of halogens is 2. The number of carboxylic acid groups (broad SMARTS) is 1. The van der Waals surface area contributed by atoms with Crippen molar-refractivity contribution < 1.29 is 14.3 Å². The second kappa shape index (κ2) is 5.16. The number of carboxylic acids is 1. The number of nitrogens with one attached hydrogen (secondary N) is 1. The van der Waals surface area contributed by atoms with E-state index in [1.807, 2.05) is 0 Å². The van der Waals surface area contributed by atoms with Gasteiger partial charge in [0.05, 0.1) is 22.6 Å². The van der Waals surface area contributed by atoms with Crippen LogP contribution in [-0.2, 0) is 0 Å². The van der Waals surface area contributed by atoms with E-state index in [-0.39, 0.29) is 11.3 Å². The van der Waals surface area contributed by atoms with Crippen LogP contribution < -0.4 is 11.1 Å². The van der Waals surface area contributed by atoms with Gasteiger partial charge >= 0.3 is 5.97 Å². The molecule has 0 saturated heterocycles. The number of hydrogen-bond acceptors (Lipinski definition) is 3. The van der Waals surface area contributed by atoms with Gasteiger partial charge in [0, 0.05) is 5.02 Å². The molecule has 19 heavy (non-hydrogen) atoms. The first kappa shape index (κ1) is 13.2. The molecule has 0 spiro atoms. The number of carbonyl (C=O) groups is 1. The van der Waals surface area contributed by atoms with Crippen LogP contribution in [0, 0.1) is 5.82 Å². The highest BCUT2D eigenvalue weighted by Crippen LogP contribution is 2.27. The minimum atomic E-state index is -1.09. The van der Waals surface area contributed by atoms with Crippen LogP contribution in [0.4, 0.5) is 21.5 Å². The molecule has 0 radical (unpaired) electrons. The minimum Gasteiger partial charge on any atom is -0.478 e. The largest absolute Gasteiger partial charge is 0.478 e. The van der Waals surface area contributed by atoms with Crippen LogP contribution in [0.25, 0.3) is 0 Å². The molecular weight excluding hydrogens is 271 g/mol. The number of nitrogen functional groups attached to an aromatic ring is 1. The Bertz CT molecular complexity index is 647. The molecule has 0 heterocycles. The third-order valence-electron chi connectivity index (χ3n) is 2.50. The summed E-state index contributed by atoms with van der Waals surface area (Å²) in [4.78, 5) is 10.9. The lowest BCUT2D eigenvalue weighted by Crippen LogP contribution is -2.02. The van der Waals surface area contributed by atoms with E-state index in [9.17, 15) is 9.18 Å². The molecule has 0 amide bonds. The number of hydrogen-bond donors (Lipinski definition) is 3. The van der Waals surface area contributed by atoms with E-state index in [4.69, 9.17) is 22.4 Å². The molecule has 2 rings (SSSR count). The van der Waals surface area contributed by atoms with Gasteiger partial charge in [-0.3, -0.25) is 0 Å². The fraction of sp³-hybridized carbons (Fsp3) is 0. The van der Waals surface area contributed by atoms with Crippen molar-refractivity contribution in [3.8, 4) is 0 Å². The molecule has 2 aromatic rings. The molecule has 0 unspecified atom stereocenters. The van der Waals surface area contributed by atoms with Crippen molar-refractivity contribution in [2.45, 2.75) is 0 Å². The predicted octanol–water partition coefficient (Wildman–Crippen LogP) is 3.50. The van der Waals surface area contributed by atoms with E-state index in [0.717, 1.165) is 0 Å². The molecule has 0 saturated carbocycles. The second-order valence-corrected chi connectivity index (χ2v) is 4.29. The average molecular weight is 281 g/mol. The molecule has 0 bridgehead atoms. The maximum absolute atomic E-state index is 13.6. The Morgan fingerprint density at radius 2 is 1.95 bits per heavy atom. The van der Waals surface area contributed by atoms with Crippen LogP contribution in [0.15, 0.2) is 36.4 Å². The lowest BCUT2D eigenvalue weighted by molar-refractivity contribution is 0.0697. The molecule has 98 valence electrons. The number of aromatic carboxylic acids is 1. The zero-order chi connectivity index (χ0) is 14.0. The highest BCUT2D eigenvalue weighted by Gasteiger charge is 2.09. The number of anilines is 3. The molecule has 0 aliphatic heterocycles. The highest BCUT2D eigenvalue weighted by molar-refractivity contribution is 6.30. The van der Waals surface area contributed by atoms with Gasteiger partial charge in [-0.05, 0) is 36.4 Å². The summed E-state index contributed by atoms with van der Waals surface area (Å²) in [6.07, 6.45) is 0. The van der Waals surface area contributed by atoms with E-state index in [1.165, 1.54) is 36.4 Å². The molecule has 0 fully saturated rings. The predicted molar refractivity (Wildman–Crippen MR) is 72.5 cm³/mol. The van der Waals surface area contributed by atoms with Gasteiger partial charge in [-0.1, -0.05) is 11.6 Å². The standard InChI is InChI=1S/C13H10ClFN2O2/c14-8-2-3-9(15)11(6-8)17-12-5-7(13(18)19)1-4-10(12)16/h1-6,17H,16H2,(H,18,19).